The third-order valence-corrected chi connectivity index (χ3v) is 2.81. The van der Waals surface area contributed by atoms with Gasteiger partial charge in [0.05, 0.1) is 19.4 Å². The first-order valence-electron chi connectivity index (χ1n) is 6.25. The molecule has 0 saturated carbocycles. The largest absolute Gasteiger partial charge is 0.475 e. The Hall–Kier alpha value is -2.54. The van der Waals surface area contributed by atoms with E-state index in [9.17, 15) is 9.59 Å². The van der Waals surface area contributed by atoms with Crippen molar-refractivity contribution in [3.8, 4) is 0 Å². The molecule has 21 heavy (non-hydrogen) atoms. The second kappa shape index (κ2) is 6.76. The maximum Gasteiger partial charge on any atom is 0.371 e. The van der Waals surface area contributed by atoms with Crippen LogP contribution in [0.1, 0.15) is 26.9 Å². The predicted molar refractivity (Wildman–Crippen MR) is 71.0 cm³/mol. The van der Waals surface area contributed by atoms with Crippen molar-refractivity contribution < 1.29 is 28.3 Å². The number of hydrogen-bond acceptors (Lipinski definition) is 5. The number of aromatic carboxylic acids is 1. The monoisotopic (exact) mass is 293 g/mol. The van der Waals surface area contributed by atoms with Gasteiger partial charge in [0.1, 0.15) is 5.76 Å². The highest BCUT2D eigenvalue weighted by molar-refractivity contribution is 5.93. The van der Waals surface area contributed by atoms with E-state index in [4.69, 9.17) is 18.7 Å². The molecule has 0 aliphatic rings. The molecule has 2 heterocycles. The van der Waals surface area contributed by atoms with Crippen LogP contribution in [0.5, 0.6) is 0 Å². The van der Waals surface area contributed by atoms with Gasteiger partial charge in [0.2, 0.25) is 5.76 Å². The van der Waals surface area contributed by atoms with E-state index in [-0.39, 0.29) is 18.1 Å². The molecule has 0 bridgehead atoms. The fourth-order valence-corrected chi connectivity index (χ4v) is 1.77. The second-order valence-corrected chi connectivity index (χ2v) is 4.27. The van der Waals surface area contributed by atoms with Gasteiger partial charge in [-0.2, -0.15) is 0 Å². The van der Waals surface area contributed by atoms with Crippen LogP contribution in [0.15, 0.2) is 39.4 Å². The number of hydrogen-bond donors (Lipinski definition) is 1. The minimum Gasteiger partial charge on any atom is -0.475 e. The van der Waals surface area contributed by atoms with Crippen molar-refractivity contribution >= 4 is 11.9 Å². The Morgan fingerprint density at radius 2 is 2.05 bits per heavy atom. The summed E-state index contributed by atoms with van der Waals surface area (Å²) in [5, 5.41) is 8.81. The number of ether oxygens (including phenoxy) is 1. The molecule has 7 heteroatoms. The van der Waals surface area contributed by atoms with Gasteiger partial charge in [0, 0.05) is 13.7 Å². The average Bonchev–Trinajstić information content (AvgIpc) is 3.13. The molecule has 0 spiro atoms. The maximum absolute atomic E-state index is 12.4. The van der Waals surface area contributed by atoms with E-state index in [1.54, 1.807) is 12.1 Å². The lowest BCUT2D eigenvalue weighted by molar-refractivity contribution is 0.0614. The summed E-state index contributed by atoms with van der Waals surface area (Å²) in [6, 6.07) is 6.06. The van der Waals surface area contributed by atoms with Crippen molar-refractivity contribution in [1.82, 2.24) is 4.90 Å². The van der Waals surface area contributed by atoms with Gasteiger partial charge in [0.25, 0.3) is 5.91 Å². The van der Waals surface area contributed by atoms with Crippen molar-refractivity contribution in [3.05, 3.63) is 47.8 Å². The van der Waals surface area contributed by atoms with Crippen LogP contribution in [0.25, 0.3) is 0 Å². The van der Waals surface area contributed by atoms with E-state index in [0.717, 1.165) is 0 Å². The number of carboxylic acid groups (broad SMARTS) is 1. The Morgan fingerprint density at radius 1 is 1.29 bits per heavy atom. The molecule has 0 radical (unpaired) electrons. The van der Waals surface area contributed by atoms with Crippen molar-refractivity contribution in [3.63, 3.8) is 0 Å². The minimum atomic E-state index is -1.22. The predicted octanol–water partition coefficient (Wildman–Crippen LogP) is 1.86. The number of amides is 1. The van der Waals surface area contributed by atoms with Crippen LogP contribution in [-0.2, 0) is 11.3 Å². The number of methoxy groups -OCH3 is 1. The van der Waals surface area contributed by atoms with E-state index in [0.29, 0.717) is 18.9 Å². The van der Waals surface area contributed by atoms with Crippen LogP contribution in [0.2, 0.25) is 0 Å². The first kappa shape index (κ1) is 14.9. The van der Waals surface area contributed by atoms with Gasteiger partial charge < -0.3 is 23.6 Å². The van der Waals surface area contributed by atoms with Crippen LogP contribution in [0.4, 0.5) is 0 Å². The first-order chi connectivity index (χ1) is 10.1. The summed E-state index contributed by atoms with van der Waals surface area (Å²) >= 11 is 0. The van der Waals surface area contributed by atoms with Gasteiger partial charge in [-0.25, -0.2) is 4.79 Å². The Bertz CT molecular complexity index is 601. The summed E-state index contributed by atoms with van der Waals surface area (Å²) in [5.41, 5.74) is 0. The summed E-state index contributed by atoms with van der Waals surface area (Å²) in [4.78, 5) is 24.6. The van der Waals surface area contributed by atoms with Gasteiger partial charge >= 0.3 is 5.97 Å². The van der Waals surface area contributed by atoms with Crippen LogP contribution in [0, 0.1) is 0 Å². The Labute approximate surface area is 120 Å². The molecular weight excluding hydrogens is 278 g/mol. The van der Waals surface area contributed by atoms with Crippen LogP contribution in [-0.4, -0.2) is 42.1 Å². The SMILES string of the molecule is COCCN(Cc1ccco1)C(=O)c1ccc(C(=O)O)o1. The first-order valence-corrected chi connectivity index (χ1v) is 6.25. The van der Waals surface area contributed by atoms with E-state index in [1.807, 2.05) is 0 Å². The summed E-state index contributed by atoms with van der Waals surface area (Å²) in [6.45, 7) is 0.927. The number of furan rings is 2. The molecule has 2 rings (SSSR count). The topological polar surface area (TPSA) is 93.1 Å². The number of rotatable bonds is 7. The zero-order chi connectivity index (χ0) is 15.2. The molecule has 0 unspecified atom stereocenters. The molecule has 0 fully saturated rings. The third-order valence-electron chi connectivity index (χ3n) is 2.81. The van der Waals surface area contributed by atoms with E-state index >= 15 is 0 Å². The normalized spacial score (nSPS) is 10.5. The second-order valence-electron chi connectivity index (χ2n) is 4.27. The molecular formula is C14H15NO6. The smallest absolute Gasteiger partial charge is 0.371 e. The molecule has 0 atom stereocenters. The molecule has 0 aromatic carbocycles. The number of carbonyl (C=O) groups excluding carboxylic acids is 1. The van der Waals surface area contributed by atoms with Gasteiger partial charge in [-0.15, -0.1) is 0 Å². The van der Waals surface area contributed by atoms with Gasteiger partial charge in [-0.1, -0.05) is 0 Å². The third kappa shape index (κ3) is 3.73. The van der Waals surface area contributed by atoms with Gasteiger partial charge in [-0.3, -0.25) is 4.79 Å². The lowest BCUT2D eigenvalue weighted by Crippen LogP contribution is -2.33. The fraction of sp³-hybridized carbons (Fsp3) is 0.286. The van der Waals surface area contributed by atoms with E-state index in [1.165, 1.54) is 30.4 Å². The molecule has 0 saturated heterocycles. The summed E-state index contributed by atoms with van der Waals surface area (Å²) in [6.07, 6.45) is 1.52. The summed E-state index contributed by atoms with van der Waals surface area (Å²) in [7, 11) is 1.53. The number of nitrogens with zero attached hydrogens (tertiary/aromatic N) is 1. The van der Waals surface area contributed by atoms with Crippen molar-refractivity contribution in [2.24, 2.45) is 0 Å². The Kier molecular flexibility index (Phi) is 4.78. The van der Waals surface area contributed by atoms with E-state index < -0.39 is 11.9 Å². The van der Waals surface area contributed by atoms with E-state index in [2.05, 4.69) is 0 Å². The Morgan fingerprint density at radius 3 is 2.62 bits per heavy atom. The summed E-state index contributed by atoms with van der Waals surface area (Å²) in [5.74, 6) is -1.33. The molecule has 2 aromatic rings. The number of carbonyl (C=O) groups is 2. The Balaban J connectivity index is 2.13. The molecule has 1 amide bonds. The quantitative estimate of drug-likeness (QED) is 0.837. The molecule has 0 aliphatic carbocycles. The standard InChI is InChI=1S/C14H15NO6/c1-19-8-6-15(9-10-3-2-7-20-10)13(16)11-4-5-12(21-11)14(17)18/h2-5,7H,6,8-9H2,1H3,(H,17,18). The zero-order valence-electron chi connectivity index (χ0n) is 11.4. The zero-order valence-corrected chi connectivity index (χ0v) is 11.4. The van der Waals surface area contributed by atoms with Crippen molar-refractivity contribution in [1.29, 1.82) is 0 Å². The van der Waals surface area contributed by atoms with Gasteiger partial charge in [-0.05, 0) is 24.3 Å². The van der Waals surface area contributed by atoms with Crippen LogP contribution >= 0.6 is 0 Å². The maximum atomic E-state index is 12.4. The van der Waals surface area contributed by atoms with Crippen LogP contribution in [0.3, 0.4) is 0 Å². The lowest BCUT2D eigenvalue weighted by atomic mass is 10.3. The van der Waals surface area contributed by atoms with Crippen LogP contribution < -0.4 is 0 Å². The molecule has 112 valence electrons. The summed E-state index contributed by atoms with van der Waals surface area (Å²) < 4.78 is 15.2. The molecule has 0 aliphatic heterocycles. The highest BCUT2D eigenvalue weighted by Gasteiger charge is 2.21. The molecule has 7 nitrogen and oxygen atoms in total. The van der Waals surface area contributed by atoms with Crippen molar-refractivity contribution in [2.45, 2.75) is 6.54 Å². The minimum absolute atomic E-state index is 0.0324. The van der Waals surface area contributed by atoms with Gasteiger partial charge in [0.15, 0.2) is 5.76 Å². The average molecular weight is 293 g/mol. The highest BCUT2D eigenvalue weighted by atomic mass is 16.5. The van der Waals surface area contributed by atoms with Crippen molar-refractivity contribution in [2.75, 3.05) is 20.3 Å². The molecule has 1 N–H and O–H groups in total. The number of carboxylic acids is 1. The fourth-order valence-electron chi connectivity index (χ4n) is 1.77. The molecule has 2 aromatic heterocycles. The lowest BCUT2D eigenvalue weighted by Gasteiger charge is -2.20. The highest BCUT2D eigenvalue weighted by Crippen LogP contribution is 2.13.